The van der Waals surface area contributed by atoms with Gasteiger partial charge in [-0.2, -0.15) is 0 Å². The summed E-state index contributed by atoms with van der Waals surface area (Å²) in [5.41, 5.74) is 0.193. The van der Waals surface area contributed by atoms with E-state index in [0.717, 1.165) is 12.8 Å². The zero-order chi connectivity index (χ0) is 14.6. The molecule has 0 saturated carbocycles. The molecule has 0 aliphatic carbocycles. The molecule has 2 N–H and O–H groups in total. The van der Waals surface area contributed by atoms with Crippen molar-refractivity contribution in [2.24, 2.45) is 0 Å². The number of hydrogen-bond donors (Lipinski definition) is 2. The summed E-state index contributed by atoms with van der Waals surface area (Å²) in [6.45, 7) is 4.70. The maximum atomic E-state index is 13.6. The van der Waals surface area contributed by atoms with Crippen LogP contribution >= 0.6 is 0 Å². The Bertz CT molecular complexity index is 543. The molecule has 0 bridgehead atoms. The van der Waals surface area contributed by atoms with Gasteiger partial charge >= 0.3 is 0 Å². The molecule has 1 aromatic rings. The highest BCUT2D eigenvalue weighted by atomic mass is 32.2. The van der Waals surface area contributed by atoms with Gasteiger partial charge in [0.2, 0.25) is 10.0 Å². The van der Waals surface area contributed by atoms with Crippen LogP contribution in [0.1, 0.15) is 37.8 Å². The molecular weight excluding hydrogens is 269 g/mol. The topological polar surface area (TPSA) is 66.4 Å². The minimum atomic E-state index is -3.68. The zero-order valence-corrected chi connectivity index (χ0v) is 12.2. The smallest absolute Gasteiger partial charge is 0.240 e. The van der Waals surface area contributed by atoms with E-state index < -0.39 is 22.4 Å². The van der Waals surface area contributed by atoms with E-state index in [2.05, 4.69) is 4.72 Å². The third-order valence-electron chi connectivity index (χ3n) is 2.86. The number of aliphatic hydroxyl groups excluding tert-OH is 1. The van der Waals surface area contributed by atoms with Gasteiger partial charge in [-0.25, -0.2) is 17.5 Å². The lowest BCUT2D eigenvalue weighted by Crippen LogP contribution is -2.32. The molecule has 19 heavy (non-hydrogen) atoms. The highest BCUT2D eigenvalue weighted by Crippen LogP contribution is 2.19. The van der Waals surface area contributed by atoms with Crippen molar-refractivity contribution in [2.75, 3.05) is 0 Å². The van der Waals surface area contributed by atoms with Crippen molar-refractivity contribution in [2.45, 2.75) is 51.2 Å². The third kappa shape index (κ3) is 3.99. The van der Waals surface area contributed by atoms with Crippen molar-refractivity contribution < 1.29 is 17.9 Å². The SMILES string of the molecule is CCCC(C)NS(=O)(=O)c1cc(C)c(F)c(CO)c1. The molecule has 1 aromatic carbocycles. The Kier molecular flexibility index (Phi) is 5.46. The van der Waals surface area contributed by atoms with Gasteiger partial charge in [0.25, 0.3) is 0 Å². The van der Waals surface area contributed by atoms with Crippen LogP contribution in [-0.2, 0) is 16.6 Å². The summed E-state index contributed by atoms with van der Waals surface area (Å²) >= 11 is 0. The Balaban J connectivity index is 3.11. The summed E-state index contributed by atoms with van der Waals surface area (Å²) < 4.78 is 40.4. The second-order valence-corrected chi connectivity index (χ2v) is 6.40. The molecule has 108 valence electrons. The summed E-state index contributed by atoms with van der Waals surface area (Å²) in [7, 11) is -3.68. The van der Waals surface area contributed by atoms with E-state index in [4.69, 9.17) is 5.11 Å². The van der Waals surface area contributed by atoms with Crippen molar-refractivity contribution in [3.63, 3.8) is 0 Å². The molecule has 6 heteroatoms. The van der Waals surface area contributed by atoms with Crippen molar-refractivity contribution in [1.82, 2.24) is 4.72 Å². The van der Waals surface area contributed by atoms with E-state index in [1.165, 1.54) is 19.1 Å². The fourth-order valence-electron chi connectivity index (χ4n) is 1.90. The maximum absolute atomic E-state index is 13.6. The van der Waals surface area contributed by atoms with Gasteiger partial charge in [-0.1, -0.05) is 13.3 Å². The van der Waals surface area contributed by atoms with Crippen molar-refractivity contribution >= 4 is 10.0 Å². The Morgan fingerprint density at radius 1 is 1.42 bits per heavy atom. The van der Waals surface area contributed by atoms with Crippen LogP contribution in [0.5, 0.6) is 0 Å². The van der Waals surface area contributed by atoms with E-state index in [1.807, 2.05) is 6.92 Å². The molecule has 0 radical (unpaired) electrons. The van der Waals surface area contributed by atoms with Gasteiger partial charge in [0.1, 0.15) is 5.82 Å². The van der Waals surface area contributed by atoms with E-state index >= 15 is 0 Å². The molecule has 1 unspecified atom stereocenters. The van der Waals surface area contributed by atoms with Gasteiger partial charge in [-0.3, -0.25) is 0 Å². The summed E-state index contributed by atoms with van der Waals surface area (Å²) in [5.74, 6) is -0.567. The quantitative estimate of drug-likeness (QED) is 0.842. The van der Waals surface area contributed by atoms with Crippen LogP contribution in [0.4, 0.5) is 4.39 Å². The largest absolute Gasteiger partial charge is 0.392 e. The molecule has 4 nitrogen and oxygen atoms in total. The fraction of sp³-hybridized carbons (Fsp3) is 0.538. The minimum absolute atomic E-state index is 0.0106. The molecule has 0 spiro atoms. The van der Waals surface area contributed by atoms with Crippen LogP contribution < -0.4 is 4.72 Å². The number of aliphatic hydroxyl groups is 1. The summed E-state index contributed by atoms with van der Waals surface area (Å²) in [5, 5.41) is 9.04. The monoisotopic (exact) mass is 289 g/mol. The van der Waals surface area contributed by atoms with Gasteiger partial charge < -0.3 is 5.11 Å². The normalized spacial score (nSPS) is 13.5. The minimum Gasteiger partial charge on any atom is -0.392 e. The van der Waals surface area contributed by atoms with Gasteiger partial charge in [-0.05, 0) is 38.0 Å². The number of sulfonamides is 1. The zero-order valence-electron chi connectivity index (χ0n) is 11.4. The highest BCUT2D eigenvalue weighted by molar-refractivity contribution is 7.89. The van der Waals surface area contributed by atoms with Gasteiger partial charge in [0.05, 0.1) is 11.5 Å². The first-order valence-corrected chi connectivity index (χ1v) is 7.72. The van der Waals surface area contributed by atoms with Crippen LogP contribution in [0.25, 0.3) is 0 Å². The average Bonchev–Trinajstić information content (AvgIpc) is 2.31. The second-order valence-electron chi connectivity index (χ2n) is 4.68. The van der Waals surface area contributed by atoms with Gasteiger partial charge in [-0.15, -0.1) is 0 Å². The predicted octanol–water partition coefficient (Wildman–Crippen LogP) is 2.09. The molecule has 0 aliphatic rings. The first kappa shape index (κ1) is 16.1. The molecule has 0 saturated heterocycles. The van der Waals surface area contributed by atoms with E-state index in [9.17, 15) is 12.8 Å². The van der Waals surface area contributed by atoms with Crippen LogP contribution in [0.15, 0.2) is 17.0 Å². The molecule has 1 atom stereocenters. The Hall–Kier alpha value is -0.980. The Morgan fingerprint density at radius 3 is 2.58 bits per heavy atom. The summed E-state index contributed by atoms with van der Waals surface area (Å²) in [6, 6.07) is 2.26. The molecule has 1 rings (SSSR count). The lowest BCUT2D eigenvalue weighted by atomic mass is 10.1. The predicted molar refractivity (Wildman–Crippen MR) is 71.8 cm³/mol. The molecule has 0 heterocycles. The standard InChI is InChI=1S/C13H20FNO3S/c1-4-5-10(3)15-19(17,18)12-6-9(2)13(14)11(7-12)8-16/h6-7,10,15-16H,4-5,8H2,1-3H3. The van der Waals surface area contributed by atoms with Crippen molar-refractivity contribution in [1.29, 1.82) is 0 Å². The van der Waals surface area contributed by atoms with Crippen LogP contribution in [0, 0.1) is 12.7 Å². The van der Waals surface area contributed by atoms with Gasteiger partial charge in [0.15, 0.2) is 0 Å². The number of hydrogen-bond acceptors (Lipinski definition) is 3. The average molecular weight is 289 g/mol. The number of benzene rings is 1. The Labute approximate surface area is 113 Å². The number of halogens is 1. The second kappa shape index (κ2) is 6.45. The molecule has 0 amide bonds. The lowest BCUT2D eigenvalue weighted by Gasteiger charge is -2.14. The van der Waals surface area contributed by atoms with Crippen LogP contribution in [-0.4, -0.2) is 19.6 Å². The third-order valence-corrected chi connectivity index (χ3v) is 4.43. The number of rotatable bonds is 6. The van der Waals surface area contributed by atoms with Gasteiger partial charge in [0, 0.05) is 11.6 Å². The van der Waals surface area contributed by atoms with Crippen molar-refractivity contribution in [3.8, 4) is 0 Å². The van der Waals surface area contributed by atoms with E-state index in [0.29, 0.717) is 0 Å². The molecular formula is C13H20FNO3S. The first-order chi connectivity index (χ1) is 8.81. The number of nitrogens with one attached hydrogen (secondary N) is 1. The van der Waals surface area contributed by atoms with E-state index in [1.54, 1.807) is 6.92 Å². The highest BCUT2D eigenvalue weighted by Gasteiger charge is 2.19. The fourth-order valence-corrected chi connectivity index (χ4v) is 3.31. The van der Waals surface area contributed by atoms with Crippen LogP contribution in [0.3, 0.4) is 0 Å². The Morgan fingerprint density at radius 2 is 2.05 bits per heavy atom. The summed E-state index contributed by atoms with van der Waals surface area (Å²) in [6.07, 6.45) is 1.60. The van der Waals surface area contributed by atoms with Crippen LogP contribution in [0.2, 0.25) is 0 Å². The molecule has 0 fully saturated rings. The van der Waals surface area contributed by atoms with E-state index in [-0.39, 0.29) is 22.1 Å². The summed E-state index contributed by atoms with van der Waals surface area (Å²) in [4.78, 5) is -0.0154. The van der Waals surface area contributed by atoms with Crippen molar-refractivity contribution in [3.05, 3.63) is 29.1 Å². The molecule has 0 aromatic heterocycles. The lowest BCUT2D eigenvalue weighted by molar-refractivity contribution is 0.275. The number of aryl methyl sites for hydroxylation is 1. The molecule has 0 aliphatic heterocycles. The maximum Gasteiger partial charge on any atom is 0.240 e. The first-order valence-electron chi connectivity index (χ1n) is 6.24.